The molecule has 0 saturated heterocycles. The zero-order valence-electron chi connectivity index (χ0n) is 10.5. The standard InChI is InChI=1S/C9H18N2O6S/c1-7(2)17-9(14)10-18(15,16)11(3)6-4-5-8(12)13/h7H,4-6H2,1-3H3,(H,10,14)(H,12,13). The maximum absolute atomic E-state index is 11.6. The van der Waals surface area contributed by atoms with Crippen LogP contribution >= 0.6 is 0 Å². The lowest BCUT2D eigenvalue weighted by Gasteiger charge is -2.17. The van der Waals surface area contributed by atoms with E-state index in [1.54, 1.807) is 18.6 Å². The monoisotopic (exact) mass is 282 g/mol. The molecule has 1 amide bonds. The van der Waals surface area contributed by atoms with Crippen LogP contribution in [0.3, 0.4) is 0 Å². The van der Waals surface area contributed by atoms with Crippen LogP contribution in [-0.4, -0.2) is 49.6 Å². The predicted octanol–water partition coefficient (Wildman–Crippen LogP) is 0.162. The van der Waals surface area contributed by atoms with Crippen LogP contribution in [0, 0.1) is 0 Å². The number of ether oxygens (including phenoxy) is 1. The quantitative estimate of drug-likeness (QED) is 0.687. The van der Waals surface area contributed by atoms with Crippen LogP contribution in [0.4, 0.5) is 4.79 Å². The second-order valence-corrected chi connectivity index (χ2v) is 5.66. The molecule has 0 heterocycles. The second-order valence-electron chi connectivity index (χ2n) is 3.88. The van der Waals surface area contributed by atoms with Crippen molar-refractivity contribution >= 4 is 22.3 Å². The molecule has 0 rings (SSSR count). The van der Waals surface area contributed by atoms with Gasteiger partial charge in [-0.05, 0) is 20.3 Å². The second kappa shape index (κ2) is 7.17. The number of carbonyl (C=O) groups is 2. The molecule has 2 N–H and O–H groups in total. The van der Waals surface area contributed by atoms with Crippen molar-refractivity contribution < 1.29 is 27.9 Å². The number of rotatable bonds is 7. The highest BCUT2D eigenvalue weighted by Gasteiger charge is 2.21. The van der Waals surface area contributed by atoms with Crippen LogP contribution in [0.25, 0.3) is 0 Å². The topological polar surface area (TPSA) is 113 Å². The Morgan fingerprint density at radius 2 is 1.94 bits per heavy atom. The van der Waals surface area contributed by atoms with Crippen molar-refractivity contribution in [1.82, 2.24) is 9.03 Å². The van der Waals surface area contributed by atoms with Gasteiger partial charge in [-0.25, -0.2) is 9.52 Å². The fourth-order valence-corrected chi connectivity index (χ4v) is 1.78. The first-order valence-corrected chi connectivity index (χ1v) is 6.75. The molecule has 0 spiro atoms. The smallest absolute Gasteiger partial charge is 0.422 e. The Kier molecular flexibility index (Phi) is 6.63. The maximum atomic E-state index is 11.6. The number of nitrogens with zero attached hydrogens (tertiary/aromatic N) is 1. The maximum Gasteiger partial charge on any atom is 0.422 e. The van der Waals surface area contributed by atoms with Crippen molar-refractivity contribution in [2.45, 2.75) is 32.8 Å². The molecule has 0 saturated carbocycles. The van der Waals surface area contributed by atoms with Gasteiger partial charge >= 0.3 is 22.3 Å². The molecule has 0 bridgehead atoms. The molecule has 0 fully saturated rings. The van der Waals surface area contributed by atoms with E-state index in [4.69, 9.17) is 5.11 Å². The number of hydrogen-bond acceptors (Lipinski definition) is 5. The molecular weight excluding hydrogens is 264 g/mol. The average Bonchev–Trinajstić information content (AvgIpc) is 2.14. The van der Waals surface area contributed by atoms with E-state index in [-0.39, 0.29) is 19.4 Å². The van der Waals surface area contributed by atoms with Gasteiger partial charge in [-0.15, -0.1) is 0 Å². The van der Waals surface area contributed by atoms with Gasteiger partial charge in [-0.3, -0.25) is 4.79 Å². The summed E-state index contributed by atoms with van der Waals surface area (Å²) >= 11 is 0. The van der Waals surface area contributed by atoms with Gasteiger partial charge in [0, 0.05) is 20.0 Å². The normalized spacial score (nSPS) is 11.6. The van der Waals surface area contributed by atoms with Crippen LogP contribution in [-0.2, 0) is 19.7 Å². The number of aliphatic carboxylic acids is 1. The number of carboxylic acid groups (broad SMARTS) is 1. The lowest BCUT2D eigenvalue weighted by molar-refractivity contribution is -0.137. The van der Waals surface area contributed by atoms with E-state index < -0.39 is 28.4 Å². The summed E-state index contributed by atoms with van der Waals surface area (Å²) in [6.07, 6.45) is -1.48. The Morgan fingerprint density at radius 3 is 2.39 bits per heavy atom. The van der Waals surface area contributed by atoms with Crippen molar-refractivity contribution in [1.29, 1.82) is 0 Å². The molecule has 0 aromatic heterocycles. The lowest BCUT2D eigenvalue weighted by Crippen LogP contribution is -2.42. The molecule has 9 heteroatoms. The molecule has 0 radical (unpaired) electrons. The van der Waals surface area contributed by atoms with Gasteiger partial charge in [0.05, 0.1) is 6.10 Å². The van der Waals surface area contributed by atoms with Gasteiger partial charge in [0.1, 0.15) is 0 Å². The summed E-state index contributed by atoms with van der Waals surface area (Å²) in [5, 5.41) is 8.42. The minimum absolute atomic E-state index is 0.00338. The van der Waals surface area contributed by atoms with Crippen molar-refractivity contribution in [3.63, 3.8) is 0 Å². The lowest BCUT2D eigenvalue weighted by atomic mass is 10.3. The fourth-order valence-electron chi connectivity index (χ4n) is 0.994. The Balaban J connectivity index is 4.27. The number of amides is 1. The van der Waals surface area contributed by atoms with Crippen LogP contribution < -0.4 is 4.72 Å². The summed E-state index contributed by atoms with van der Waals surface area (Å²) in [7, 11) is -2.74. The highest BCUT2D eigenvalue weighted by atomic mass is 32.2. The van der Waals surface area contributed by atoms with Crippen molar-refractivity contribution in [2.75, 3.05) is 13.6 Å². The number of carboxylic acids is 1. The van der Waals surface area contributed by atoms with Gasteiger partial charge in [-0.2, -0.15) is 12.7 Å². The third-order valence-corrected chi connectivity index (χ3v) is 3.26. The van der Waals surface area contributed by atoms with E-state index in [2.05, 4.69) is 4.74 Å². The summed E-state index contributed by atoms with van der Waals surface area (Å²) in [5.74, 6) is -1.01. The van der Waals surface area contributed by atoms with E-state index >= 15 is 0 Å². The van der Waals surface area contributed by atoms with Crippen LogP contribution in [0.2, 0.25) is 0 Å². The van der Waals surface area contributed by atoms with E-state index in [1.165, 1.54) is 7.05 Å². The third-order valence-electron chi connectivity index (χ3n) is 1.83. The zero-order chi connectivity index (χ0) is 14.3. The van der Waals surface area contributed by atoms with Gasteiger partial charge < -0.3 is 9.84 Å². The molecule has 0 aromatic carbocycles. The van der Waals surface area contributed by atoms with Crippen molar-refractivity contribution in [3.05, 3.63) is 0 Å². The Morgan fingerprint density at radius 1 is 1.39 bits per heavy atom. The van der Waals surface area contributed by atoms with E-state index in [0.717, 1.165) is 4.31 Å². The first-order chi connectivity index (χ1) is 8.15. The van der Waals surface area contributed by atoms with E-state index in [0.29, 0.717) is 0 Å². The molecule has 8 nitrogen and oxygen atoms in total. The van der Waals surface area contributed by atoms with E-state index in [1.807, 2.05) is 0 Å². The minimum atomic E-state index is -3.99. The minimum Gasteiger partial charge on any atom is -0.481 e. The highest BCUT2D eigenvalue weighted by molar-refractivity contribution is 7.87. The summed E-state index contributed by atoms with van der Waals surface area (Å²) in [6, 6.07) is 0. The largest absolute Gasteiger partial charge is 0.481 e. The first kappa shape index (κ1) is 16.6. The van der Waals surface area contributed by atoms with Crippen LogP contribution in [0.15, 0.2) is 0 Å². The van der Waals surface area contributed by atoms with Gasteiger partial charge in [-0.1, -0.05) is 0 Å². The summed E-state index contributed by atoms with van der Waals surface area (Å²) in [5.41, 5.74) is 0. The van der Waals surface area contributed by atoms with Gasteiger partial charge in [0.15, 0.2) is 0 Å². The van der Waals surface area contributed by atoms with Crippen LogP contribution in [0.1, 0.15) is 26.7 Å². The SMILES string of the molecule is CC(C)OC(=O)NS(=O)(=O)N(C)CCCC(=O)O. The molecule has 18 heavy (non-hydrogen) atoms. The number of nitrogens with one attached hydrogen (secondary N) is 1. The molecular formula is C9H18N2O6S. The van der Waals surface area contributed by atoms with Crippen molar-refractivity contribution in [2.24, 2.45) is 0 Å². The Hall–Kier alpha value is -1.35. The Bertz CT molecular complexity index is 392. The molecule has 0 unspecified atom stereocenters. The molecule has 0 aliphatic carbocycles. The molecule has 0 aromatic rings. The zero-order valence-corrected chi connectivity index (χ0v) is 11.4. The summed E-state index contributed by atoms with van der Waals surface area (Å²) in [6.45, 7) is 3.17. The third kappa shape index (κ3) is 7.07. The molecule has 0 aliphatic heterocycles. The van der Waals surface area contributed by atoms with E-state index in [9.17, 15) is 18.0 Å². The Labute approximate surface area is 106 Å². The summed E-state index contributed by atoms with van der Waals surface area (Å²) in [4.78, 5) is 21.4. The molecule has 0 atom stereocenters. The van der Waals surface area contributed by atoms with Gasteiger partial charge in [0.25, 0.3) is 0 Å². The first-order valence-electron chi connectivity index (χ1n) is 5.31. The molecule has 106 valence electrons. The summed E-state index contributed by atoms with van der Waals surface area (Å²) < 4.78 is 30.3. The number of hydrogen-bond donors (Lipinski definition) is 2. The van der Waals surface area contributed by atoms with Crippen molar-refractivity contribution in [3.8, 4) is 0 Å². The van der Waals surface area contributed by atoms with Gasteiger partial charge in [0.2, 0.25) is 0 Å². The molecule has 0 aliphatic rings. The predicted molar refractivity (Wildman–Crippen MR) is 63.2 cm³/mol. The average molecular weight is 282 g/mol. The fraction of sp³-hybridized carbons (Fsp3) is 0.778. The number of carbonyl (C=O) groups excluding carboxylic acids is 1. The van der Waals surface area contributed by atoms with Crippen LogP contribution in [0.5, 0.6) is 0 Å². The highest BCUT2D eigenvalue weighted by Crippen LogP contribution is 2.00.